The van der Waals surface area contributed by atoms with Gasteiger partial charge in [-0.3, -0.25) is 0 Å². The molecule has 1 unspecified atom stereocenters. The van der Waals surface area contributed by atoms with Gasteiger partial charge in [-0.05, 0) is 30.0 Å². The molecule has 104 valence electrons. The molecule has 0 amide bonds. The van der Waals surface area contributed by atoms with E-state index in [1.165, 1.54) is 5.56 Å². The molecule has 19 heavy (non-hydrogen) atoms. The fourth-order valence-corrected chi connectivity index (χ4v) is 2.05. The Balaban J connectivity index is 3.02. The number of hydrogen-bond acceptors (Lipinski definition) is 3. The second-order valence-electron chi connectivity index (χ2n) is 5.20. The molecule has 0 aliphatic rings. The van der Waals surface area contributed by atoms with Crippen LogP contribution in [0.25, 0.3) is 0 Å². The zero-order chi connectivity index (χ0) is 14.4. The number of hydrogen-bond donors (Lipinski definition) is 0. The van der Waals surface area contributed by atoms with E-state index in [0.29, 0.717) is 5.92 Å². The largest absolute Gasteiger partial charge is 0.495 e. The quantitative estimate of drug-likeness (QED) is 0.780. The van der Waals surface area contributed by atoms with Crippen LogP contribution >= 0.6 is 0 Å². The molecule has 1 aromatic carbocycles. The summed E-state index contributed by atoms with van der Waals surface area (Å²) in [4.78, 5) is 2.11. The molecule has 1 atom stereocenters. The first-order valence-electron chi connectivity index (χ1n) is 6.82. The number of nitriles is 1. The lowest BCUT2D eigenvalue weighted by Gasteiger charge is -2.24. The average molecular weight is 260 g/mol. The van der Waals surface area contributed by atoms with Crippen LogP contribution in [-0.4, -0.2) is 20.7 Å². The van der Waals surface area contributed by atoms with Gasteiger partial charge in [-0.15, -0.1) is 0 Å². The maximum atomic E-state index is 9.08. The fraction of sp³-hybridized carbons (Fsp3) is 0.562. The highest BCUT2D eigenvalue weighted by atomic mass is 16.5. The van der Waals surface area contributed by atoms with Crippen molar-refractivity contribution in [1.82, 2.24) is 0 Å². The Bertz CT molecular complexity index is 449. The molecule has 1 rings (SSSR count). The van der Waals surface area contributed by atoms with Crippen molar-refractivity contribution in [2.75, 3.05) is 25.6 Å². The number of rotatable bonds is 6. The molecule has 3 nitrogen and oxygen atoms in total. The Morgan fingerprint density at radius 3 is 2.53 bits per heavy atom. The van der Waals surface area contributed by atoms with E-state index in [4.69, 9.17) is 10.00 Å². The van der Waals surface area contributed by atoms with Gasteiger partial charge < -0.3 is 9.64 Å². The van der Waals surface area contributed by atoms with Gasteiger partial charge in [0.25, 0.3) is 0 Å². The number of nitrogens with zero attached hydrogens (tertiary/aromatic N) is 2. The molecule has 0 fully saturated rings. The molecule has 0 radical (unpaired) electrons. The summed E-state index contributed by atoms with van der Waals surface area (Å²) in [6.07, 6.45) is 0.868. The molecule has 1 aromatic rings. The van der Waals surface area contributed by atoms with E-state index in [1.807, 2.05) is 20.0 Å². The van der Waals surface area contributed by atoms with Crippen molar-refractivity contribution >= 4 is 5.69 Å². The van der Waals surface area contributed by atoms with Crippen LogP contribution < -0.4 is 9.64 Å². The topological polar surface area (TPSA) is 36.3 Å². The van der Waals surface area contributed by atoms with Gasteiger partial charge in [0.15, 0.2) is 0 Å². The van der Waals surface area contributed by atoms with Crippen molar-refractivity contribution in [3.8, 4) is 11.8 Å². The van der Waals surface area contributed by atoms with Crippen LogP contribution in [0.4, 0.5) is 5.69 Å². The van der Waals surface area contributed by atoms with Gasteiger partial charge in [0, 0.05) is 13.6 Å². The predicted octanol–water partition coefficient (Wildman–Crippen LogP) is 3.80. The van der Waals surface area contributed by atoms with Crippen molar-refractivity contribution in [2.24, 2.45) is 5.92 Å². The van der Waals surface area contributed by atoms with Crippen LogP contribution in [0.5, 0.6) is 5.75 Å². The summed E-state index contributed by atoms with van der Waals surface area (Å²) in [7, 11) is 3.70. The highest BCUT2D eigenvalue weighted by molar-refractivity contribution is 5.60. The first-order valence-corrected chi connectivity index (χ1v) is 6.82. The van der Waals surface area contributed by atoms with E-state index in [-0.39, 0.29) is 5.92 Å². The van der Waals surface area contributed by atoms with E-state index >= 15 is 0 Å². The highest BCUT2D eigenvalue weighted by Crippen LogP contribution is 2.31. The Morgan fingerprint density at radius 2 is 2.05 bits per heavy atom. The Hall–Kier alpha value is -1.69. The van der Waals surface area contributed by atoms with Crippen molar-refractivity contribution in [2.45, 2.75) is 33.1 Å². The predicted molar refractivity (Wildman–Crippen MR) is 79.7 cm³/mol. The van der Waals surface area contributed by atoms with Gasteiger partial charge in [0.1, 0.15) is 5.75 Å². The molecule has 0 aliphatic heterocycles. The monoisotopic (exact) mass is 260 g/mol. The number of anilines is 1. The van der Waals surface area contributed by atoms with Gasteiger partial charge in [-0.25, -0.2) is 0 Å². The van der Waals surface area contributed by atoms with Crippen LogP contribution in [0.15, 0.2) is 18.2 Å². The van der Waals surface area contributed by atoms with Gasteiger partial charge in [0.2, 0.25) is 0 Å². The molecule has 0 spiro atoms. The zero-order valence-electron chi connectivity index (χ0n) is 12.6. The molecule has 0 bridgehead atoms. The average Bonchev–Trinajstić information content (AvgIpc) is 2.43. The zero-order valence-corrected chi connectivity index (χ0v) is 12.6. The fourth-order valence-electron chi connectivity index (χ4n) is 2.05. The Kier molecular flexibility index (Phi) is 5.69. The molecular formula is C16H24N2O. The number of benzene rings is 1. The Labute approximate surface area is 116 Å². The molecule has 0 aromatic heterocycles. The van der Waals surface area contributed by atoms with E-state index in [1.54, 1.807) is 7.11 Å². The molecule has 3 heteroatoms. The maximum absolute atomic E-state index is 9.08. The summed E-state index contributed by atoms with van der Waals surface area (Å²) in [6.45, 7) is 7.12. The minimum absolute atomic E-state index is 0.0532. The molecule has 0 saturated carbocycles. The van der Waals surface area contributed by atoms with Gasteiger partial charge in [-0.1, -0.05) is 26.8 Å². The molecule has 0 saturated heterocycles. The van der Waals surface area contributed by atoms with Crippen molar-refractivity contribution < 1.29 is 4.74 Å². The Morgan fingerprint density at radius 1 is 1.37 bits per heavy atom. The van der Waals surface area contributed by atoms with Crippen molar-refractivity contribution in [3.63, 3.8) is 0 Å². The summed E-state index contributed by atoms with van der Waals surface area (Å²) in [5.74, 6) is 1.40. The molecular weight excluding hydrogens is 236 g/mol. The third-order valence-electron chi connectivity index (χ3n) is 3.45. The van der Waals surface area contributed by atoms with Gasteiger partial charge >= 0.3 is 0 Å². The summed E-state index contributed by atoms with van der Waals surface area (Å²) in [5, 5.41) is 9.08. The second kappa shape index (κ2) is 7.04. The van der Waals surface area contributed by atoms with Crippen LogP contribution in [0, 0.1) is 17.2 Å². The lowest BCUT2D eigenvalue weighted by Crippen LogP contribution is -2.25. The second-order valence-corrected chi connectivity index (χ2v) is 5.20. The maximum Gasteiger partial charge on any atom is 0.142 e. The van der Waals surface area contributed by atoms with Gasteiger partial charge in [-0.2, -0.15) is 5.26 Å². The molecule has 0 aliphatic carbocycles. The summed E-state index contributed by atoms with van der Waals surface area (Å²) in [6, 6.07) is 8.61. The first-order chi connectivity index (χ1) is 9.03. The van der Waals surface area contributed by atoms with Crippen LogP contribution in [0.2, 0.25) is 0 Å². The molecule has 0 heterocycles. The highest BCUT2D eigenvalue weighted by Gasteiger charge is 2.14. The van der Waals surface area contributed by atoms with Gasteiger partial charge in [0.05, 0.1) is 24.8 Å². The lowest BCUT2D eigenvalue weighted by molar-refractivity contribution is 0.414. The van der Waals surface area contributed by atoms with Crippen molar-refractivity contribution in [1.29, 1.82) is 5.26 Å². The minimum Gasteiger partial charge on any atom is -0.495 e. The smallest absolute Gasteiger partial charge is 0.142 e. The van der Waals surface area contributed by atoms with E-state index in [2.05, 4.69) is 36.9 Å². The standard InChI is InChI=1S/C16H24N2O/c1-6-13(10-17)11-18(4)15-9-14(12(2)3)7-8-16(15)19-5/h7-9,12-13H,6,11H2,1-5H3. The summed E-state index contributed by atoms with van der Waals surface area (Å²) >= 11 is 0. The molecule has 0 N–H and O–H groups in total. The lowest BCUT2D eigenvalue weighted by atomic mass is 10.0. The van der Waals surface area contributed by atoms with Crippen LogP contribution in [-0.2, 0) is 0 Å². The minimum atomic E-state index is 0.0532. The first kappa shape index (κ1) is 15.4. The van der Waals surface area contributed by atoms with Crippen LogP contribution in [0.1, 0.15) is 38.7 Å². The number of methoxy groups -OCH3 is 1. The SMILES string of the molecule is CCC(C#N)CN(C)c1cc(C(C)C)ccc1OC. The van der Waals surface area contributed by atoms with E-state index in [0.717, 1.165) is 24.4 Å². The summed E-state index contributed by atoms with van der Waals surface area (Å²) < 4.78 is 5.43. The van der Waals surface area contributed by atoms with Crippen LogP contribution in [0.3, 0.4) is 0 Å². The summed E-state index contributed by atoms with van der Waals surface area (Å²) in [5.41, 5.74) is 2.34. The number of ether oxygens (including phenoxy) is 1. The van der Waals surface area contributed by atoms with Crippen molar-refractivity contribution in [3.05, 3.63) is 23.8 Å². The van der Waals surface area contributed by atoms with E-state index < -0.39 is 0 Å². The third kappa shape index (κ3) is 3.89. The van der Waals surface area contributed by atoms with E-state index in [9.17, 15) is 0 Å². The third-order valence-corrected chi connectivity index (χ3v) is 3.45. The normalized spacial score (nSPS) is 12.1.